The molecule has 0 amide bonds. The molecule has 1 fully saturated rings. The predicted octanol–water partition coefficient (Wildman–Crippen LogP) is 3.66. The Morgan fingerprint density at radius 2 is 2.38 bits per heavy atom. The second-order valence-electron chi connectivity index (χ2n) is 4.74. The highest BCUT2D eigenvalue weighted by molar-refractivity contribution is 9.10. The van der Waals surface area contributed by atoms with E-state index in [1.165, 1.54) is 34.9 Å². The Bertz CT molecular complexity index is 420. The van der Waals surface area contributed by atoms with Crippen molar-refractivity contribution < 1.29 is 0 Å². The standard InChI is InChI=1S/C13H16BrNS/c1-9-6-8-15-13(16-9)7-5-10-11(13)3-2-4-12(10)14/h2-4,9,15H,5-8H2,1H3. The van der Waals surface area contributed by atoms with Crippen LogP contribution in [0.5, 0.6) is 0 Å². The van der Waals surface area contributed by atoms with Crippen molar-refractivity contribution in [2.45, 2.75) is 36.3 Å². The number of benzene rings is 1. The van der Waals surface area contributed by atoms with Gasteiger partial charge in [-0.2, -0.15) is 0 Å². The predicted molar refractivity (Wildman–Crippen MR) is 73.8 cm³/mol. The van der Waals surface area contributed by atoms with Crippen molar-refractivity contribution in [3.63, 3.8) is 0 Å². The third-order valence-electron chi connectivity index (χ3n) is 3.64. The molecule has 1 aromatic carbocycles. The Kier molecular flexibility index (Phi) is 2.81. The van der Waals surface area contributed by atoms with Gasteiger partial charge in [0, 0.05) is 9.72 Å². The number of fused-ring (bicyclic) bond motifs is 2. The van der Waals surface area contributed by atoms with E-state index in [4.69, 9.17) is 0 Å². The van der Waals surface area contributed by atoms with E-state index in [1.54, 1.807) is 0 Å². The van der Waals surface area contributed by atoms with Crippen LogP contribution in [0.3, 0.4) is 0 Å². The molecule has 3 heteroatoms. The number of thioether (sulfide) groups is 1. The van der Waals surface area contributed by atoms with Crippen molar-refractivity contribution in [2.24, 2.45) is 0 Å². The van der Waals surface area contributed by atoms with Crippen molar-refractivity contribution in [3.8, 4) is 0 Å². The highest BCUT2D eigenvalue weighted by Crippen LogP contribution is 2.50. The van der Waals surface area contributed by atoms with E-state index >= 15 is 0 Å². The van der Waals surface area contributed by atoms with Crippen molar-refractivity contribution in [2.75, 3.05) is 6.54 Å². The molecule has 1 heterocycles. The van der Waals surface area contributed by atoms with Gasteiger partial charge >= 0.3 is 0 Å². The van der Waals surface area contributed by atoms with Gasteiger partial charge in [0.25, 0.3) is 0 Å². The van der Waals surface area contributed by atoms with Crippen LogP contribution < -0.4 is 5.32 Å². The summed E-state index contributed by atoms with van der Waals surface area (Å²) in [5, 5.41) is 4.52. The molecule has 1 spiro atoms. The Hall–Kier alpha value is 0.01000. The van der Waals surface area contributed by atoms with Crippen LogP contribution in [0.1, 0.15) is 30.9 Å². The van der Waals surface area contributed by atoms with E-state index < -0.39 is 0 Å². The van der Waals surface area contributed by atoms with Gasteiger partial charge in [-0.3, -0.25) is 5.32 Å². The van der Waals surface area contributed by atoms with Crippen LogP contribution >= 0.6 is 27.7 Å². The lowest BCUT2D eigenvalue weighted by Crippen LogP contribution is -2.43. The summed E-state index contributed by atoms with van der Waals surface area (Å²) in [6.07, 6.45) is 3.72. The van der Waals surface area contributed by atoms with Crippen LogP contribution in [0.2, 0.25) is 0 Å². The van der Waals surface area contributed by atoms with E-state index in [2.05, 4.69) is 58.1 Å². The molecule has 0 radical (unpaired) electrons. The molecule has 16 heavy (non-hydrogen) atoms. The van der Waals surface area contributed by atoms with E-state index in [0.717, 1.165) is 11.8 Å². The molecule has 2 unspecified atom stereocenters. The summed E-state index contributed by atoms with van der Waals surface area (Å²) in [4.78, 5) is 0.205. The minimum atomic E-state index is 0.205. The Morgan fingerprint density at radius 3 is 3.19 bits per heavy atom. The van der Waals surface area contributed by atoms with Crippen LogP contribution in [-0.2, 0) is 11.3 Å². The van der Waals surface area contributed by atoms with Gasteiger partial charge in [-0.15, -0.1) is 11.8 Å². The van der Waals surface area contributed by atoms with Crippen molar-refractivity contribution in [1.29, 1.82) is 0 Å². The Morgan fingerprint density at radius 1 is 1.50 bits per heavy atom. The molecule has 2 atom stereocenters. The van der Waals surface area contributed by atoms with Gasteiger partial charge in [-0.05, 0) is 43.0 Å². The highest BCUT2D eigenvalue weighted by Gasteiger charge is 2.42. The zero-order chi connectivity index (χ0) is 11.2. The topological polar surface area (TPSA) is 12.0 Å². The van der Waals surface area contributed by atoms with Gasteiger partial charge in [0.1, 0.15) is 0 Å². The lowest BCUT2D eigenvalue weighted by molar-refractivity contribution is 0.450. The second kappa shape index (κ2) is 4.04. The first-order chi connectivity index (χ1) is 7.71. The van der Waals surface area contributed by atoms with Crippen LogP contribution in [-0.4, -0.2) is 11.8 Å². The average Bonchev–Trinajstić information content (AvgIpc) is 2.59. The minimum absolute atomic E-state index is 0.205. The fourth-order valence-electron chi connectivity index (χ4n) is 2.85. The summed E-state index contributed by atoms with van der Waals surface area (Å²) in [7, 11) is 0. The van der Waals surface area contributed by atoms with Crippen molar-refractivity contribution in [1.82, 2.24) is 5.32 Å². The summed E-state index contributed by atoms with van der Waals surface area (Å²) in [5.41, 5.74) is 3.02. The molecule has 1 aliphatic carbocycles. The number of rotatable bonds is 0. The van der Waals surface area contributed by atoms with Gasteiger partial charge in [-0.25, -0.2) is 0 Å². The monoisotopic (exact) mass is 297 g/mol. The SMILES string of the molecule is CC1CCNC2(CCc3c(Br)cccc32)S1. The average molecular weight is 298 g/mol. The van der Waals surface area contributed by atoms with E-state index in [0.29, 0.717) is 0 Å². The number of halogens is 1. The maximum absolute atomic E-state index is 3.75. The third-order valence-corrected chi connectivity index (χ3v) is 6.00. The smallest absolute Gasteiger partial charge is 0.0910 e. The van der Waals surface area contributed by atoms with Crippen molar-refractivity contribution >= 4 is 27.7 Å². The number of hydrogen-bond acceptors (Lipinski definition) is 2. The van der Waals surface area contributed by atoms with Gasteiger partial charge in [0.15, 0.2) is 0 Å². The van der Waals surface area contributed by atoms with Crippen LogP contribution in [0, 0.1) is 0 Å². The van der Waals surface area contributed by atoms with E-state index in [-0.39, 0.29) is 4.87 Å². The molecule has 86 valence electrons. The molecule has 0 aromatic heterocycles. The van der Waals surface area contributed by atoms with Crippen LogP contribution in [0.15, 0.2) is 22.7 Å². The van der Waals surface area contributed by atoms with Crippen LogP contribution in [0.25, 0.3) is 0 Å². The molecule has 1 saturated heterocycles. The Labute approximate surface area is 110 Å². The summed E-state index contributed by atoms with van der Waals surface area (Å²) in [6.45, 7) is 3.50. The third kappa shape index (κ3) is 1.64. The molecule has 1 aliphatic heterocycles. The lowest BCUT2D eigenvalue weighted by atomic mass is 10.1. The lowest BCUT2D eigenvalue weighted by Gasteiger charge is -2.38. The fourth-order valence-corrected chi connectivity index (χ4v) is 5.06. The zero-order valence-electron chi connectivity index (χ0n) is 9.42. The summed E-state index contributed by atoms with van der Waals surface area (Å²) in [5.74, 6) is 0. The van der Waals surface area contributed by atoms with Gasteiger partial charge < -0.3 is 0 Å². The van der Waals surface area contributed by atoms with E-state index in [9.17, 15) is 0 Å². The summed E-state index contributed by atoms with van der Waals surface area (Å²) < 4.78 is 1.28. The number of nitrogens with one attached hydrogen (secondary N) is 1. The molecule has 0 bridgehead atoms. The molecule has 1 nitrogen and oxygen atoms in total. The largest absolute Gasteiger partial charge is 0.299 e. The fraction of sp³-hybridized carbons (Fsp3) is 0.538. The molecule has 1 aromatic rings. The second-order valence-corrected chi connectivity index (χ2v) is 7.33. The molecule has 3 rings (SSSR count). The van der Waals surface area contributed by atoms with Gasteiger partial charge in [0.2, 0.25) is 0 Å². The zero-order valence-corrected chi connectivity index (χ0v) is 11.8. The maximum Gasteiger partial charge on any atom is 0.0910 e. The summed E-state index contributed by atoms with van der Waals surface area (Å²) >= 11 is 5.79. The van der Waals surface area contributed by atoms with Gasteiger partial charge in [-0.1, -0.05) is 35.0 Å². The Balaban J connectivity index is 2.04. The molecular weight excluding hydrogens is 282 g/mol. The maximum atomic E-state index is 3.75. The first-order valence-corrected chi connectivity index (χ1v) is 7.59. The quantitative estimate of drug-likeness (QED) is 0.784. The number of hydrogen-bond donors (Lipinski definition) is 1. The molecule has 2 aliphatic rings. The van der Waals surface area contributed by atoms with Crippen molar-refractivity contribution in [3.05, 3.63) is 33.8 Å². The minimum Gasteiger partial charge on any atom is -0.299 e. The molecule has 1 N–H and O–H groups in total. The van der Waals surface area contributed by atoms with Gasteiger partial charge in [0.05, 0.1) is 4.87 Å². The first-order valence-electron chi connectivity index (χ1n) is 5.92. The highest BCUT2D eigenvalue weighted by atomic mass is 79.9. The van der Waals surface area contributed by atoms with E-state index in [1.807, 2.05) is 0 Å². The summed E-state index contributed by atoms with van der Waals surface area (Å²) in [6, 6.07) is 6.62. The van der Waals surface area contributed by atoms with Crippen LogP contribution in [0.4, 0.5) is 0 Å². The first kappa shape index (κ1) is 11.1. The molecular formula is C13H16BrNS. The molecule has 0 saturated carbocycles. The normalized spacial score (nSPS) is 33.0.